The molecule has 3 rings (SSSR count). The molecular weight excluding hydrogens is 362 g/mol. The third-order valence-electron chi connectivity index (χ3n) is 4.18. The number of para-hydroxylation sites is 1. The van der Waals surface area contributed by atoms with Gasteiger partial charge in [0.25, 0.3) is 17.5 Å². The van der Waals surface area contributed by atoms with Crippen molar-refractivity contribution in [2.75, 3.05) is 7.11 Å². The van der Waals surface area contributed by atoms with Crippen LogP contribution in [0.15, 0.2) is 54.2 Å². The number of carbonyl (C=O) groups excluding carboxylic acids is 2. The zero-order valence-corrected chi connectivity index (χ0v) is 15.2. The van der Waals surface area contributed by atoms with Crippen molar-refractivity contribution in [2.45, 2.75) is 18.9 Å². The van der Waals surface area contributed by atoms with Gasteiger partial charge in [-0.05, 0) is 37.1 Å². The van der Waals surface area contributed by atoms with Gasteiger partial charge in [0, 0.05) is 29.3 Å². The zero-order chi connectivity index (χ0) is 20.1. The molecule has 0 atom stereocenters. The van der Waals surface area contributed by atoms with Crippen molar-refractivity contribution in [1.29, 1.82) is 0 Å². The van der Waals surface area contributed by atoms with Gasteiger partial charge in [-0.25, -0.2) is 0 Å². The van der Waals surface area contributed by atoms with Gasteiger partial charge in [0.1, 0.15) is 11.4 Å². The van der Waals surface area contributed by atoms with Crippen LogP contribution in [0.4, 0.5) is 5.69 Å². The van der Waals surface area contributed by atoms with Gasteiger partial charge < -0.3 is 15.4 Å². The molecule has 0 aromatic heterocycles. The molecule has 0 unspecified atom stereocenters. The van der Waals surface area contributed by atoms with E-state index in [9.17, 15) is 19.7 Å². The smallest absolute Gasteiger partial charge is 0.269 e. The molecule has 2 aromatic carbocycles. The molecule has 0 saturated heterocycles. The topological polar surface area (TPSA) is 111 Å². The van der Waals surface area contributed by atoms with Crippen LogP contribution >= 0.6 is 0 Å². The summed E-state index contributed by atoms with van der Waals surface area (Å²) < 4.78 is 5.29. The Kier molecular flexibility index (Phi) is 5.69. The number of amides is 2. The van der Waals surface area contributed by atoms with E-state index >= 15 is 0 Å². The summed E-state index contributed by atoms with van der Waals surface area (Å²) in [7, 11) is 1.52. The molecule has 2 N–H and O–H groups in total. The number of nitrogens with one attached hydrogen (secondary N) is 2. The molecule has 0 aliphatic heterocycles. The standard InChI is InChI=1S/C20H19N3O5/c1-28-18-5-3-2-4-14(18)12-17(20(25)21-15-8-9-15)22-19(24)13-6-10-16(11-7-13)23(26)27/h2-7,10-12,15H,8-9H2,1H3,(H,21,25)(H,22,24)/b17-12-. The Morgan fingerprint density at radius 2 is 1.82 bits per heavy atom. The van der Waals surface area contributed by atoms with Crippen molar-refractivity contribution in [1.82, 2.24) is 10.6 Å². The molecule has 28 heavy (non-hydrogen) atoms. The maximum atomic E-state index is 12.6. The maximum absolute atomic E-state index is 12.6. The molecule has 0 heterocycles. The van der Waals surface area contributed by atoms with Crippen LogP contribution in [0.25, 0.3) is 6.08 Å². The van der Waals surface area contributed by atoms with Crippen LogP contribution in [0.2, 0.25) is 0 Å². The first-order valence-electron chi connectivity index (χ1n) is 8.69. The first-order chi connectivity index (χ1) is 13.5. The van der Waals surface area contributed by atoms with Crippen LogP contribution in [-0.2, 0) is 4.79 Å². The molecule has 8 nitrogen and oxygen atoms in total. The Balaban J connectivity index is 1.85. The van der Waals surface area contributed by atoms with Crippen LogP contribution in [0.1, 0.15) is 28.8 Å². The van der Waals surface area contributed by atoms with Crippen molar-refractivity contribution >= 4 is 23.6 Å². The summed E-state index contributed by atoms with van der Waals surface area (Å²) in [6, 6.07) is 12.4. The Bertz CT molecular complexity index is 933. The van der Waals surface area contributed by atoms with E-state index in [1.807, 2.05) is 0 Å². The summed E-state index contributed by atoms with van der Waals surface area (Å²) in [5.41, 5.74) is 0.790. The van der Waals surface area contributed by atoms with Crippen molar-refractivity contribution in [3.8, 4) is 5.75 Å². The van der Waals surface area contributed by atoms with E-state index in [1.165, 1.54) is 31.4 Å². The summed E-state index contributed by atoms with van der Waals surface area (Å²) >= 11 is 0. The lowest BCUT2D eigenvalue weighted by Gasteiger charge is -2.12. The van der Waals surface area contributed by atoms with Gasteiger partial charge in [0.05, 0.1) is 12.0 Å². The van der Waals surface area contributed by atoms with Crippen molar-refractivity contribution in [3.63, 3.8) is 0 Å². The predicted octanol–water partition coefficient (Wildman–Crippen LogP) is 2.65. The van der Waals surface area contributed by atoms with Crippen LogP contribution < -0.4 is 15.4 Å². The normalized spacial score (nSPS) is 13.5. The number of nitrogens with zero attached hydrogens (tertiary/aromatic N) is 1. The molecule has 1 saturated carbocycles. The lowest BCUT2D eigenvalue weighted by Crippen LogP contribution is -2.35. The van der Waals surface area contributed by atoms with Gasteiger partial charge in [0.2, 0.25) is 0 Å². The van der Waals surface area contributed by atoms with Crippen LogP contribution in [0.3, 0.4) is 0 Å². The van der Waals surface area contributed by atoms with E-state index in [-0.39, 0.29) is 23.0 Å². The molecule has 144 valence electrons. The summed E-state index contributed by atoms with van der Waals surface area (Å²) in [6.45, 7) is 0. The van der Waals surface area contributed by atoms with Gasteiger partial charge in [-0.2, -0.15) is 0 Å². The predicted molar refractivity (Wildman–Crippen MR) is 103 cm³/mol. The van der Waals surface area contributed by atoms with E-state index in [1.54, 1.807) is 30.3 Å². The number of benzene rings is 2. The first kappa shape index (κ1) is 19.1. The average molecular weight is 381 g/mol. The van der Waals surface area contributed by atoms with E-state index in [2.05, 4.69) is 10.6 Å². The number of ether oxygens (including phenoxy) is 1. The van der Waals surface area contributed by atoms with Crippen LogP contribution in [0.5, 0.6) is 5.75 Å². The highest BCUT2D eigenvalue weighted by Gasteiger charge is 2.26. The van der Waals surface area contributed by atoms with Gasteiger partial charge in [-0.15, -0.1) is 0 Å². The highest BCUT2D eigenvalue weighted by molar-refractivity contribution is 6.05. The molecule has 2 aromatic rings. The maximum Gasteiger partial charge on any atom is 0.269 e. The third kappa shape index (κ3) is 4.73. The number of non-ortho nitro benzene ring substituents is 1. The fourth-order valence-corrected chi connectivity index (χ4v) is 2.52. The van der Waals surface area contributed by atoms with Crippen molar-refractivity contribution in [3.05, 3.63) is 75.5 Å². The van der Waals surface area contributed by atoms with E-state index in [0.717, 1.165) is 12.8 Å². The summed E-state index contributed by atoms with van der Waals surface area (Å²) in [4.78, 5) is 35.3. The average Bonchev–Trinajstić information content (AvgIpc) is 3.51. The minimum absolute atomic E-state index is 0.0692. The van der Waals surface area contributed by atoms with Gasteiger partial charge in [-0.1, -0.05) is 18.2 Å². The second kappa shape index (κ2) is 8.34. The number of methoxy groups -OCH3 is 1. The Labute approximate surface area is 161 Å². The molecule has 1 fully saturated rings. The summed E-state index contributed by atoms with van der Waals surface area (Å²) in [5.74, 6) is -0.380. The summed E-state index contributed by atoms with van der Waals surface area (Å²) in [6.07, 6.45) is 3.35. The molecule has 0 spiro atoms. The number of nitro benzene ring substituents is 1. The van der Waals surface area contributed by atoms with Gasteiger partial charge in [-0.3, -0.25) is 19.7 Å². The molecule has 2 amide bonds. The number of hydrogen-bond acceptors (Lipinski definition) is 5. The van der Waals surface area contributed by atoms with Gasteiger partial charge >= 0.3 is 0 Å². The first-order valence-corrected chi connectivity index (χ1v) is 8.69. The van der Waals surface area contributed by atoms with Crippen LogP contribution in [0, 0.1) is 10.1 Å². The highest BCUT2D eigenvalue weighted by atomic mass is 16.6. The quantitative estimate of drug-likeness (QED) is 0.435. The molecule has 1 aliphatic rings. The number of hydrogen-bond donors (Lipinski definition) is 2. The van der Waals surface area contributed by atoms with Crippen molar-refractivity contribution < 1.29 is 19.2 Å². The van der Waals surface area contributed by atoms with E-state index in [4.69, 9.17) is 4.74 Å². The molecule has 1 aliphatic carbocycles. The van der Waals surface area contributed by atoms with Gasteiger partial charge in [0.15, 0.2) is 0 Å². The zero-order valence-electron chi connectivity index (χ0n) is 15.2. The number of rotatable bonds is 7. The molecule has 0 bridgehead atoms. The monoisotopic (exact) mass is 381 g/mol. The lowest BCUT2D eigenvalue weighted by atomic mass is 10.1. The Morgan fingerprint density at radius 1 is 1.14 bits per heavy atom. The minimum atomic E-state index is -0.544. The van der Waals surface area contributed by atoms with E-state index in [0.29, 0.717) is 11.3 Å². The number of carbonyl (C=O) groups is 2. The second-order valence-corrected chi connectivity index (χ2v) is 6.31. The third-order valence-corrected chi connectivity index (χ3v) is 4.18. The van der Waals surface area contributed by atoms with Crippen LogP contribution in [-0.4, -0.2) is 29.9 Å². The van der Waals surface area contributed by atoms with Crippen molar-refractivity contribution in [2.24, 2.45) is 0 Å². The molecular formula is C20H19N3O5. The van der Waals surface area contributed by atoms with E-state index < -0.39 is 16.7 Å². The highest BCUT2D eigenvalue weighted by Crippen LogP contribution is 2.22. The largest absolute Gasteiger partial charge is 0.496 e. The Morgan fingerprint density at radius 3 is 2.43 bits per heavy atom. The lowest BCUT2D eigenvalue weighted by molar-refractivity contribution is -0.384. The molecule has 8 heteroatoms. The summed E-state index contributed by atoms with van der Waals surface area (Å²) in [5, 5.41) is 16.2. The molecule has 0 radical (unpaired) electrons. The SMILES string of the molecule is COc1ccccc1/C=C(\NC(=O)c1ccc([N+](=O)[O-])cc1)C(=O)NC1CC1. The Hall–Kier alpha value is -3.68. The fraction of sp³-hybridized carbons (Fsp3) is 0.200. The minimum Gasteiger partial charge on any atom is -0.496 e. The number of nitro groups is 1. The second-order valence-electron chi connectivity index (χ2n) is 6.31. The fourth-order valence-electron chi connectivity index (χ4n) is 2.52.